The highest BCUT2D eigenvalue weighted by molar-refractivity contribution is 5.52. The van der Waals surface area contributed by atoms with Gasteiger partial charge in [0.15, 0.2) is 0 Å². The zero-order valence-electron chi connectivity index (χ0n) is 11.1. The molecule has 0 saturated heterocycles. The van der Waals surface area contributed by atoms with Gasteiger partial charge in [-0.05, 0) is 38.9 Å². The molecule has 0 aliphatic rings. The lowest BCUT2D eigenvalue weighted by Gasteiger charge is -2.26. The Labute approximate surface area is 104 Å². The van der Waals surface area contributed by atoms with Crippen molar-refractivity contribution in [3.8, 4) is 6.07 Å². The van der Waals surface area contributed by atoms with E-state index < -0.39 is 5.54 Å². The molecule has 1 atom stereocenters. The van der Waals surface area contributed by atoms with Gasteiger partial charge in [0.2, 0.25) is 0 Å². The second kappa shape index (κ2) is 5.70. The van der Waals surface area contributed by atoms with Crippen LogP contribution in [0, 0.1) is 18.3 Å². The van der Waals surface area contributed by atoms with Crippen LogP contribution in [0.4, 0.5) is 5.69 Å². The van der Waals surface area contributed by atoms with Gasteiger partial charge in [0.1, 0.15) is 5.54 Å². The van der Waals surface area contributed by atoms with Gasteiger partial charge in [-0.15, -0.1) is 0 Å². The first-order valence-electron chi connectivity index (χ1n) is 5.89. The van der Waals surface area contributed by atoms with Crippen molar-refractivity contribution in [1.82, 2.24) is 5.32 Å². The highest BCUT2D eigenvalue weighted by Gasteiger charge is 2.21. The molecular weight excluding hydrogens is 210 g/mol. The van der Waals surface area contributed by atoms with E-state index in [-0.39, 0.29) is 0 Å². The zero-order valence-corrected chi connectivity index (χ0v) is 11.1. The zero-order chi connectivity index (χ0) is 12.9. The minimum Gasteiger partial charge on any atom is -0.374 e. The van der Waals surface area contributed by atoms with Gasteiger partial charge in [0.25, 0.3) is 0 Å². The maximum Gasteiger partial charge on any atom is 0.105 e. The van der Waals surface area contributed by atoms with Crippen LogP contribution in [0.5, 0.6) is 0 Å². The van der Waals surface area contributed by atoms with Crippen LogP contribution in [-0.2, 0) is 0 Å². The second-order valence-electron chi connectivity index (χ2n) is 4.65. The molecule has 0 fully saturated rings. The summed E-state index contributed by atoms with van der Waals surface area (Å²) in [7, 11) is 3.90. The molecule has 0 radical (unpaired) electrons. The summed E-state index contributed by atoms with van der Waals surface area (Å²) in [5.74, 6) is 0. The fourth-order valence-corrected chi connectivity index (χ4v) is 1.74. The fraction of sp³-hybridized carbons (Fsp3) is 0.500. The lowest BCUT2D eigenvalue weighted by atomic mass is 10.00. The van der Waals surface area contributed by atoms with Crippen LogP contribution in [0.15, 0.2) is 24.3 Å². The Morgan fingerprint density at radius 2 is 2.06 bits per heavy atom. The number of nitrogens with one attached hydrogen (secondary N) is 1. The number of hydrogen-bond donors (Lipinski definition) is 1. The Morgan fingerprint density at radius 3 is 2.59 bits per heavy atom. The van der Waals surface area contributed by atoms with Gasteiger partial charge in [0, 0.05) is 19.3 Å². The Kier molecular flexibility index (Phi) is 4.53. The maximum atomic E-state index is 9.09. The van der Waals surface area contributed by atoms with Crippen LogP contribution < -0.4 is 10.2 Å². The predicted octanol–water partition coefficient (Wildman–Crippen LogP) is 2.32. The number of nitrogens with zero attached hydrogens (tertiary/aromatic N) is 2. The van der Waals surface area contributed by atoms with E-state index in [4.69, 9.17) is 5.26 Å². The Morgan fingerprint density at radius 1 is 1.41 bits per heavy atom. The quantitative estimate of drug-likeness (QED) is 0.845. The first-order valence-corrected chi connectivity index (χ1v) is 5.89. The van der Waals surface area contributed by atoms with Crippen LogP contribution in [-0.4, -0.2) is 26.2 Å². The molecule has 1 N–H and O–H groups in total. The van der Waals surface area contributed by atoms with Gasteiger partial charge in [-0.1, -0.05) is 18.2 Å². The van der Waals surface area contributed by atoms with Crippen molar-refractivity contribution >= 4 is 5.69 Å². The van der Waals surface area contributed by atoms with Crippen LogP contribution >= 0.6 is 0 Å². The van der Waals surface area contributed by atoms with E-state index in [1.165, 1.54) is 11.3 Å². The molecule has 1 aromatic rings. The molecular formula is C14H21N3. The standard InChI is InChI=1S/C14H21N3/c1-12-7-5-6-8-13(12)17(4)10-9-14(2,11-15)16-3/h5-8,16H,9-10H2,1-4H3. The molecule has 0 bridgehead atoms. The summed E-state index contributed by atoms with van der Waals surface area (Å²) in [6.45, 7) is 4.89. The van der Waals surface area contributed by atoms with Crippen molar-refractivity contribution in [3.05, 3.63) is 29.8 Å². The van der Waals surface area contributed by atoms with E-state index in [2.05, 4.69) is 42.4 Å². The number of hydrogen-bond acceptors (Lipinski definition) is 3. The minimum atomic E-state index is -0.447. The summed E-state index contributed by atoms with van der Waals surface area (Å²) >= 11 is 0. The second-order valence-corrected chi connectivity index (χ2v) is 4.65. The normalized spacial score (nSPS) is 13.8. The molecule has 3 nitrogen and oxygen atoms in total. The molecule has 92 valence electrons. The summed E-state index contributed by atoms with van der Waals surface area (Å²) in [4.78, 5) is 2.20. The minimum absolute atomic E-state index is 0.447. The lowest BCUT2D eigenvalue weighted by molar-refractivity contribution is 0.457. The van der Waals surface area contributed by atoms with E-state index in [0.717, 1.165) is 13.0 Å². The summed E-state index contributed by atoms with van der Waals surface area (Å²) < 4.78 is 0. The number of anilines is 1. The third-order valence-electron chi connectivity index (χ3n) is 3.27. The van der Waals surface area contributed by atoms with Gasteiger partial charge in [-0.3, -0.25) is 0 Å². The first-order chi connectivity index (χ1) is 8.02. The smallest absolute Gasteiger partial charge is 0.105 e. The van der Waals surface area contributed by atoms with Crippen LogP contribution in [0.25, 0.3) is 0 Å². The Bertz CT molecular complexity index is 408. The third-order valence-corrected chi connectivity index (χ3v) is 3.27. The molecule has 0 aromatic heterocycles. The number of benzene rings is 1. The van der Waals surface area contributed by atoms with Crippen LogP contribution in [0.3, 0.4) is 0 Å². The van der Waals surface area contributed by atoms with Crippen molar-refractivity contribution in [1.29, 1.82) is 5.26 Å². The number of aryl methyl sites for hydroxylation is 1. The van der Waals surface area contributed by atoms with Gasteiger partial charge < -0.3 is 10.2 Å². The fourth-order valence-electron chi connectivity index (χ4n) is 1.74. The maximum absolute atomic E-state index is 9.09. The molecule has 17 heavy (non-hydrogen) atoms. The van der Waals surface area contributed by atoms with E-state index >= 15 is 0 Å². The molecule has 0 heterocycles. The van der Waals surface area contributed by atoms with Crippen molar-refractivity contribution in [2.24, 2.45) is 0 Å². The SMILES string of the molecule is CNC(C)(C#N)CCN(C)c1ccccc1C. The van der Waals surface area contributed by atoms with Crippen LogP contribution in [0.2, 0.25) is 0 Å². The largest absolute Gasteiger partial charge is 0.374 e. The Balaban J connectivity index is 2.66. The third kappa shape index (κ3) is 3.47. The van der Waals surface area contributed by atoms with Crippen LogP contribution in [0.1, 0.15) is 18.9 Å². The molecule has 1 rings (SSSR count). The van der Waals surface area contributed by atoms with Gasteiger partial charge in [0.05, 0.1) is 6.07 Å². The topological polar surface area (TPSA) is 39.1 Å². The van der Waals surface area contributed by atoms with E-state index in [1.54, 1.807) is 0 Å². The summed E-state index contributed by atoms with van der Waals surface area (Å²) in [5.41, 5.74) is 2.04. The van der Waals surface area contributed by atoms with Gasteiger partial charge in [-0.2, -0.15) is 5.26 Å². The highest BCUT2D eigenvalue weighted by atomic mass is 15.1. The number of nitriles is 1. The molecule has 1 unspecified atom stereocenters. The molecule has 0 spiro atoms. The average molecular weight is 231 g/mol. The van der Waals surface area contributed by atoms with Crippen molar-refractivity contribution < 1.29 is 0 Å². The Hall–Kier alpha value is -1.53. The molecule has 1 aromatic carbocycles. The molecule has 0 aliphatic heterocycles. The van der Waals surface area contributed by atoms with Crippen molar-refractivity contribution in [2.75, 3.05) is 25.5 Å². The van der Waals surface area contributed by atoms with E-state index in [0.29, 0.717) is 0 Å². The molecule has 0 saturated carbocycles. The summed E-state index contributed by atoms with van der Waals surface area (Å²) in [5, 5.41) is 12.2. The monoisotopic (exact) mass is 231 g/mol. The van der Waals surface area contributed by atoms with Crippen molar-refractivity contribution in [3.63, 3.8) is 0 Å². The molecule has 3 heteroatoms. The van der Waals surface area contributed by atoms with E-state index in [9.17, 15) is 0 Å². The first kappa shape index (κ1) is 13.5. The summed E-state index contributed by atoms with van der Waals surface area (Å²) in [6, 6.07) is 10.6. The molecule has 0 aliphatic carbocycles. The predicted molar refractivity (Wildman–Crippen MR) is 72.1 cm³/mol. The van der Waals surface area contributed by atoms with E-state index in [1.807, 2.05) is 26.1 Å². The number of rotatable bonds is 5. The highest BCUT2D eigenvalue weighted by Crippen LogP contribution is 2.19. The lowest BCUT2D eigenvalue weighted by Crippen LogP contribution is -2.41. The van der Waals surface area contributed by atoms with Crippen molar-refractivity contribution in [2.45, 2.75) is 25.8 Å². The average Bonchev–Trinajstić information content (AvgIpc) is 2.36. The summed E-state index contributed by atoms with van der Waals surface area (Å²) in [6.07, 6.45) is 0.796. The van der Waals surface area contributed by atoms with Gasteiger partial charge in [-0.25, -0.2) is 0 Å². The number of para-hydroxylation sites is 1. The van der Waals surface area contributed by atoms with Gasteiger partial charge >= 0.3 is 0 Å². The molecule has 0 amide bonds.